The van der Waals surface area contributed by atoms with Gasteiger partial charge in [0, 0.05) is 13.2 Å². The van der Waals surface area contributed by atoms with Crippen LogP contribution in [-0.2, 0) is 19.0 Å². The first-order valence-corrected chi connectivity index (χ1v) is 6.86. The second-order valence-corrected chi connectivity index (χ2v) is 4.88. The Labute approximate surface area is 108 Å². The molecule has 5 nitrogen and oxygen atoms in total. The number of hydrogen-bond acceptors (Lipinski definition) is 5. The summed E-state index contributed by atoms with van der Waals surface area (Å²) in [5.74, 6) is -0.124. The lowest BCUT2D eigenvalue weighted by Crippen LogP contribution is -2.39. The van der Waals surface area contributed by atoms with Crippen LogP contribution >= 0.6 is 0 Å². The van der Waals surface area contributed by atoms with Gasteiger partial charge in [0.2, 0.25) is 0 Å². The number of nitrogens with zero attached hydrogens (tertiary/aromatic N) is 1. The highest BCUT2D eigenvalue weighted by molar-refractivity contribution is 5.75. The van der Waals surface area contributed by atoms with Gasteiger partial charge >= 0.3 is 5.97 Å². The molecule has 104 valence electrons. The summed E-state index contributed by atoms with van der Waals surface area (Å²) in [6.45, 7) is 3.16. The highest BCUT2D eigenvalue weighted by atomic mass is 16.7. The molecule has 0 aromatic heterocycles. The maximum Gasteiger partial charge on any atom is 0.323 e. The molecule has 18 heavy (non-hydrogen) atoms. The molecule has 2 atom stereocenters. The van der Waals surface area contributed by atoms with Crippen LogP contribution in [0.3, 0.4) is 0 Å². The Morgan fingerprint density at radius 3 is 2.94 bits per heavy atom. The Kier molecular flexibility index (Phi) is 5.41. The van der Waals surface area contributed by atoms with E-state index in [0.29, 0.717) is 6.61 Å². The first kappa shape index (κ1) is 13.8. The fraction of sp³-hybridized carbons (Fsp3) is 0.923. The van der Waals surface area contributed by atoms with Crippen LogP contribution in [-0.4, -0.2) is 56.6 Å². The molecule has 2 rings (SSSR count). The third-order valence-electron chi connectivity index (χ3n) is 3.66. The summed E-state index contributed by atoms with van der Waals surface area (Å²) >= 11 is 0. The highest BCUT2D eigenvalue weighted by Gasteiger charge is 2.31. The Bertz CT molecular complexity index is 266. The van der Waals surface area contributed by atoms with Gasteiger partial charge in [0.15, 0.2) is 6.29 Å². The molecule has 0 saturated carbocycles. The molecule has 0 aromatic carbocycles. The molecule has 2 aliphatic heterocycles. The van der Waals surface area contributed by atoms with Crippen LogP contribution in [0.1, 0.15) is 32.1 Å². The lowest BCUT2D eigenvalue weighted by molar-refractivity contribution is -0.165. The molecule has 0 aromatic rings. The number of esters is 1. The largest absolute Gasteiger partial charge is 0.468 e. The molecule has 2 heterocycles. The number of likely N-dealkylation sites (tertiary alicyclic amines) is 1. The summed E-state index contributed by atoms with van der Waals surface area (Å²) in [6, 6.07) is -0.0779. The molecule has 5 heteroatoms. The lowest BCUT2D eigenvalue weighted by Gasteiger charge is -2.26. The minimum Gasteiger partial charge on any atom is -0.468 e. The molecule has 2 aliphatic rings. The minimum atomic E-state index is -0.124. The molecule has 0 N–H and O–H groups in total. The SMILES string of the molecule is COC(=O)[C@@H]1CCCN1CCOC1CCCCO1. The van der Waals surface area contributed by atoms with E-state index in [1.165, 1.54) is 13.5 Å². The third-order valence-corrected chi connectivity index (χ3v) is 3.66. The molecule has 0 amide bonds. The van der Waals surface area contributed by atoms with E-state index in [1.807, 2.05) is 0 Å². The number of rotatable bonds is 5. The fourth-order valence-electron chi connectivity index (χ4n) is 2.64. The number of hydrogen-bond donors (Lipinski definition) is 0. The smallest absolute Gasteiger partial charge is 0.323 e. The summed E-state index contributed by atoms with van der Waals surface area (Å²) in [5, 5.41) is 0. The van der Waals surface area contributed by atoms with Gasteiger partial charge in [-0.15, -0.1) is 0 Å². The lowest BCUT2D eigenvalue weighted by atomic mass is 10.2. The van der Waals surface area contributed by atoms with Crippen molar-refractivity contribution in [2.24, 2.45) is 0 Å². The van der Waals surface area contributed by atoms with Gasteiger partial charge in [-0.25, -0.2) is 0 Å². The summed E-state index contributed by atoms with van der Waals surface area (Å²) in [7, 11) is 1.45. The highest BCUT2D eigenvalue weighted by Crippen LogP contribution is 2.18. The van der Waals surface area contributed by atoms with Crippen LogP contribution in [0.5, 0.6) is 0 Å². The predicted molar refractivity (Wildman–Crippen MR) is 66.2 cm³/mol. The van der Waals surface area contributed by atoms with Crippen LogP contribution in [0.25, 0.3) is 0 Å². The van der Waals surface area contributed by atoms with Gasteiger partial charge in [0.1, 0.15) is 6.04 Å². The van der Waals surface area contributed by atoms with Gasteiger partial charge in [-0.2, -0.15) is 0 Å². The van der Waals surface area contributed by atoms with Crippen LogP contribution in [0.4, 0.5) is 0 Å². The van der Waals surface area contributed by atoms with Crippen molar-refractivity contribution < 1.29 is 19.0 Å². The standard InChI is InChI=1S/C13H23NO4/c1-16-13(15)11-5-4-7-14(11)8-10-18-12-6-2-3-9-17-12/h11-12H,2-10H2,1H3/t11-,12?/m0/s1. The first-order chi connectivity index (χ1) is 8.81. The van der Waals surface area contributed by atoms with E-state index >= 15 is 0 Å². The zero-order valence-electron chi connectivity index (χ0n) is 11.1. The van der Waals surface area contributed by atoms with E-state index in [9.17, 15) is 4.79 Å². The summed E-state index contributed by atoms with van der Waals surface area (Å²) in [4.78, 5) is 13.7. The average Bonchev–Trinajstić information content (AvgIpc) is 2.87. The van der Waals surface area contributed by atoms with Crippen molar-refractivity contribution in [1.29, 1.82) is 0 Å². The number of methoxy groups -OCH3 is 1. The van der Waals surface area contributed by atoms with E-state index in [1.54, 1.807) is 0 Å². The topological polar surface area (TPSA) is 48.0 Å². The maximum atomic E-state index is 11.6. The molecular formula is C13H23NO4. The Hall–Kier alpha value is -0.650. The van der Waals surface area contributed by atoms with Crippen LogP contribution in [0, 0.1) is 0 Å². The Balaban J connectivity index is 1.67. The van der Waals surface area contributed by atoms with Crippen molar-refractivity contribution >= 4 is 5.97 Å². The number of carbonyl (C=O) groups excluding carboxylic acids is 1. The van der Waals surface area contributed by atoms with E-state index in [2.05, 4.69) is 4.90 Å². The van der Waals surface area contributed by atoms with Crippen molar-refractivity contribution in [2.45, 2.75) is 44.4 Å². The molecule has 0 bridgehead atoms. The molecule has 1 unspecified atom stereocenters. The van der Waals surface area contributed by atoms with E-state index in [4.69, 9.17) is 14.2 Å². The van der Waals surface area contributed by atoms with Gasteiger partial charge in [-0.3, -0.25) is 9.69 Å². The second-order valence-electron chi connectivity index (χ2n) is 4.88. The van der Waals surface area contributed by atoms with E-state index in [-0.39, 0.29) is 18.3 Å². The molecular weight excluding hydrogens is 234 g/mol. The Morgan fingerprint density at radius 1 is 1.33 bits per heavy atom. The zero-order valence-corrected chi connectivity index (χ0v) is 11.1. The van der Waals surface area contributed by atoms with Crippen LogP contribution < -0.4 is 0 Å². The summed E-state index contributed by atoms with van der Waals surface area (Å²) in [5.41, 5.74) is 0. The second kappa shape index (κ2) is 7.07. The maximum absolute atomic E-state index is 11.6. The van der Waals surface area contributed by atoms with Gasteiger partial charge in [-0.05, 0) is 38.6 Å². The first-order valence-electron chi connectivity index (χ1n) is 6.86. The van der Waals surface area contributed by atoms with Crippen molar-refractivity contribution in [2.75, 3.05) is 33.4 Å². The van der Waals surface area contributed by atoms with Crippen molar-refractivity contribution in [1.82, 2.24) is 4.90 Å². The number of carbonyl (C=O) groups is 1. The van der Waals surface area contributed by atoms with Gasteiger partial charge in [0.05, 0.1) is 13.7 Å². The molecule has 2 saturated heterocycles. The van der Waals surface area contributed by atoms with E-state index < -0.39 is 0 Å². The summed E-state index contributed by atoms with van der Waals surface area (Å²) < 4.78 is 16.0. The molecule has 0 aliphatic carbocycles. The molecule has 2 fully saturated rings. The Morgan fingerprint density at radius 2 is 2.22 bits per heavy atom. The van der Waals surface area contributed by atoms with Crippen LogP contribution in [0.15, 0.2) is 0 Å². The van der Waals surface area contributed by atoms with E-state index in [0.717, 1.165) is 45.4 Å². The van der Waals surface area contributed by atoms with Crippen LogP contribution in [0.2, 0.25) is 0 Å². The predicted octanol–water partition coefficient (Wildman–Crippen LogP) is 1.17. The van der Waals surface area contributed by atoms with Gasteiger partial charge in [-0.1, -0.05) is 0 Å². The molecule has 0 radical (unpaired) electrons. The average molecular weight is 257 g/mol. The van der Waals surface area contributed by atoms with Crippen molar-refractivity contribution in [3.05, 3.63) is 0 Å². The van der Waals surface area contributed by atoms with Gasteiger partial charge in [0.25, 0.3) is 0 Å². The third kappa shape index (κ3) is 3.67. The summed E-state index contributed by atoms with van der Waals surface area (Å²) in [6.07, 6.45) is 5.21. The van der Waals surface area contributed by atoms with Crippen molar-refractivity contribution in [3.63, 3.8) is 0 Å². The fourth-order valence-corrected chi connectivity index (χ4v) is 2.64. The quantitative estimate of drug-likeness (QED) is 0.692. The van der Waals surface area contributed by atoms with Crippen molar-refractivity contribution in [3.8, 4) is 0 Å². The minimum absolute atomic E-state index is 0.0436. The number of ether oxygens (including phenoxy) is 3. The zero-order chi connectivity index (χ0) is 12.8. The normalized spacial score (nSPS) is 29.4. The van der Waals surface area contributed by atoms with Gasteiger partial charge < -0.3 is 14.2 Å². The monoisotopic (exact) mass is 257 g/mol. The molecule has 0 spiro atoms.